The van der Waals surface area contributed by atoms with Gasteiger partial charge in [-0.25, -0.2) is 4.98 Å². The number of benzene rings is 2. The zero-order chi connectivity index (χ0) is 19.9. The summed E-state index contributed by atoms with van der Waals surface area (Å²) in [4.78, 5) is 19.7. The quantitative estimate of drug-likeness (QED) is 0.245. The number of aromatic nitrogens is 2. The number of fused-ring (bicyclic) bond motifs is 1. The summed E-state index contributed by atoms with van der Waals surface area (Å²) in [5.41, 5.74) is 2.15. The highest BCUT2D eigenvalue weighted by molar-refractivity contribution is 7.99. The molecule has 0 aliphatic heterocycles. The maximum atomic E-state index is 12.2. The second kappa shape index (κ2) is 8.97. The van der Waals surface area contributed by atoms with Crippen LogP contribution in [0.25, 0.3) is 11.0 Å². The summed E-state index contributed by atoms with van der Waals surface area (Å²) >= 11 is 1.20. The van der Waals surface area contributed by atoms with Crippen LogP contribution in [0, 0.1) is 11.3 Å². The van der Waals surface area contributed by atoms with Crippen molar-refractivity contribution in [2.75, 3.05) is 12.9 Å². The number of aliphatic hydroxyl groups excluding tert-OH is 1. The van der Waals surface area contributed by atoms with E-state index in [0.29, 0.717) is 10.9 Å². The van der Waals surface area contributed by atoms with E-state index in [-0.39, 0.29) is 23.6 Å². The number of H-pyrrole nitrogens is 1. The number of nitrogens with one attached hydrogen (secondary N) is 2. The van der Waals surface area contributed by atoms with Crippen molar-refractivity contribution in [2.24, 2.45) is 0 Å². The third kappa shape index (κ3) is 4.64. The number of thioether (sulfide) groups is 1. The van der Waals surface area contributed by atoms with Gasteiger partial charge in [0, 0.05) is 12.6 Å². The Morgan fingerprint density at radius 1 is 1.32 bits per heavy atom. The van der Waals surface area contributed by atoms with Crippen molar-refractivity contribution in [1.29, 1.82) is 5.26 Å². The van der Waals surface area contributed by atoms with Crippen LogP contribution in [-0.2, 0) is 11.3 Å². The fourth-order valence-electron chi connectivity index (χ4n) is 2.48. The molecule has 3 rings (SSSR count). The van der Waals surface area contributed by atoms with Gasteiger partial charge in [0.2, 0.25) is 0 Å². The topological polar surface area (TPSA) is 111 Å². The molecule has 7 nitrogen and oxygen atoms in total. The maximum Gasteiger partial charge on any atom is 0.265 e. The van der Waals surface area contributed by atoms with Crippen LogP contribution in [0.15, 0.2) is 65.0 Å². The van der Waals surface area contributed by atoms with Gasteiger partial charge in [0.05, 0.1) is 23.9 Å². The van der Waals surface area contributed by atoms with E-state index in [1.165, 1.54) is 11.8 Å². The monoisotopic (exact) mass is 394 g/mol. The van der Waals surface area contributed by atoms with Crippen LogP contribution in [0.2, 0.25) is 0 Å². The average Bonchev–Trinajstić information content (AvgIpc) is 3.14. The van der Waals surface area contributed by atoms with E-state index in [1.54, 1.807) is 19.2 Å². The molecule has 28 heavy (non-hydrogen) atoms. The molecule has 0 aliphatic rings. The summed E-state index contributed by atoms with van der Waals surface area (Å²) in [5.74, 6) is -0.161. The number of rotatable bonds is 7. The Kier molecular flexibility index (Phi) is 6.19. The van der Waals surface area contributed by atoms with Crippen molar-refractivity contribution in [1.82, 2.24) is 15.3 Å². The van der Waals surface area contributed by atoms with E-state index < -0.39 is 5.91 Å². The molecule has 0 aliphatic carbocycles. The van der Waals surface area contributed by atoms with Crippen molar-refractivity contribution < 1.29 is 14.6 Å². The van der Waals surface area contributed by atoms with Crippen LogP contribution in [0.3, 0.4) is 0 Å². The average molecular weight is 394 g/mol. The van der Waals surface area contributed by atoms with Crippen molar-refractivity contribution in [3.05, 3.63) is 65.4 Å². The Morgan fingerprint density at radius 2 is 2.11 bits per heavy atom. The summed E-state index contributed by atoms with van der Waals surface area (Å²) in [6, 6.07) is 16.5. The van der Waals surface area contributed by atoms with Crippen LogP contribution >= 0.6 is 11.8 Å². The van der Waals surface area contributed by atoms with Gasteiger partial charge in [0.15, 0.2) is 10.7 Å². The number of carbonyl (C=O) groups is 1. The summed E-state index contributed by atoms with van der Waals surface area (Å²) in [6.45, 7) is 0.274. The van der Waals surface area contributed by atoms with Gasteiger partial charge in [0.1, 0.15) is 17.6 Å². The first-order chi connectivity index (χ1) is 13.6. The zero-order valence-electron chi connectivity index (χ0n) is 15.1. The lowest BCUT2D eigenvalue weighted by molar-refractivity contribution is -0.117. The van der Waals surface area contributed by atoms with Crippen molar-refractivity contribution >= 4 is 28.7 Å². The predicted molar refractivity (Wildman–Crippen MR) is 107 cm³/mol. The summed E-state index contributed by atoms with van der Waals surface area (Å²) in [7, 11) is 1.59. The number of carbonyl (C=O) groups excluding carboxylic acids is 1. The molecular weight excluding hydrogens is 376 g/mol. The molecule has 0 saturated carbocycles. The van der Waals surface area contributed by atoms with Gasteiger partial charge in [-0.15, -0.1) is 0 Å². The molecule has 0 atom stereocenters. The Morgan fingerprint density at radius 3 is 2.82 bits per heavy atom. The molecule has 1 amide bonds. The minimum absolute atomic E-state index is 0.0403. The summed E-state index contributed by atoms with van der Waals surface area (Å²) in [6.07, 6.45) is 0. The van der Waals surface area contributed by atoms with E-state index in [9.17, 15) is 15.2 Å². The second-order valence-electron chi connectivity index (χ2n) is 5.82. The number of nitriles is 1. The number of amides is 1. The van der Waals surface area contributed by atoms with E-state index in [0.717, 1.165) is 16.6 Å². The molecule has 1 aromatic heterocycles. The molecule has 0 spiro atoms. The standard InChI is InChI=1S/C20H18N4O3S/c1-27-14-7-8-16-17(9-14)24-20(23-16)28-12-18(25)15(10-21)19(26)22-11-13-5-3-2-4-6-13/h2-9,25H,11-12H2,1H3,(H,22,26)(H,23,24)/b18-15+. The van der Waals surface area contributed by atoms with Crippen LogP contribution in [0.1, 0.15) is 5.56 Å². The first-order valence-corrected chi connectivity index (χ1v) is 9.40. The molecule has 0 radical (unpaired) electrons. The minimum atomic E-state index is -0.612. The number of imidazole rings is 1. The number of hydrogen-bond acceptors (Lipinski definition) is 6. The summed E-state index contributed by atoms with van der Waals surface area (Å²) < 4.78 is 5.17. The van der Waals surface area contributed by atoms with Crippen LogP contribution in [-0.4, -0.2) is 33.8 Å². The summed E-state index contributed by atoms with van der Waals surface area (Å²) in [5, 5.41) is 22.7. The molecule has 3 N–H and O–H groups in total. The van der Waals surface area contributed by atoms with Gasteiger partial charge in [-0.3, -0.25) is 4.79 Å². The Hall–Kier alpha value is -3.44. The Labute approximate surface area is 166 Å². The number of ether oxygens (including phenoxy) is 1. The van der Waals surface area contributed by atoms with Crippen LogP contribution in [0.4, 0.5) is 0 Å². The third-order valence-electron chi connectivity index (χ3n) is 3.94. The molecular formula is C20H18N4O3S. The third-order valence-corrected chi connectivity index (χ3v) is 4.82. The number of methoxy groups -OCH3 is 1. The number of aromatic amines is 1. The highest BCUT2D eigenvalue weighted by atomic mass is 32.2. The fraction of sp³-hybridized carbons (Fsp3) is 0.150. The molecule has 0 bridgehead atoms. The van der Waals surface area contributed by atoms with Gasteiger partial charge in [-0.1, -0.05) is 42.1 Å². The van der Waals surface area contributed by atoms with Gasteiger partial charge in [0.25, 0.3) is 5.91 Å². The number of nitrogens with zero attached hydrogens (tertiary/aromatic N) is 2. The molecule has 8 heteroatoms. The lowest BCUT2D eigenvalue weighted by Crippen LogP contribution is -2.25. The number of hydrogen-bond donors (Lipinski definition) is 3. The maximum absolute atomic E-state index is 12.2. The molecule has 0 fully saturated rings. The van der Waals surface area contributed by atoms with Gasteiger partial charge < -0.3 is 20.1 Å². The molecule has 142 valence electrons. The molecule has 0 unspecified atom stereocenters. The zero-order valence-corrected chi connectivity index (χ0v) is 15.9. The minimum Gasteiger partial charge on any atom is -0.510 e. The SMILES string of the molecule is COc1ccc2nc(SC/C(O)=C(/C#N)C(=O)NCc3ccccc3)[nH]c2c1. The van der Waals surface area contributed by atoms with E-state index in [4.69, 9.17) is 4.74 Å². The van der Waals surface area contributed by atoms with Crippen LogP contribution in [0.5, 0.6) is 5.75 Å². The van der Waals surface area contributed by atoms with Crippen LogP contribution < -0.4 is 10.1 Å². The van der Waals surface area contributed by atoms with Gasteiger partial charge in [-0.2, -0.15) is 5.26 Å². The van der Waals surface area contributed by atoms with E-state index in [1.807, 2.05) is 42.5 Å². The van der Waals surface area contributed by atoms with E-state index in [2.05, 4.69) is 15.3 Å². The highest BCUT2D eigenvalue weighted by Crippen LogP contribution is 2.24. The smallest absolute Gasteiger partial charge is 0.265 e. The molecule has 3 aromatic rings. The molecule has 0 saturated heterocycles. The fourth-order valence-corrected chi connectivity index (χ4v) is 3.25. The predicted octanol–water partition coefficient (Wildman–Crippen LogP) is 3.32. The van der Waals surface area contributed by atoms with Crippen molar-refractivity contribution in [3.8, 4) is 11.8 Å². The normalized spacial score (nSPS) is 11.6. The Balaban J connectivity index is 1.65. The first kappa shape index (κ1) is 19.3. The van der Waals surface area contributed by atoms with Crippen molar-refractivity contribution in [3.63, 3.8) is 0 Å². The largest absolute Gasteiger partial charge is 0.510 e. The lowest BCUT2D eigenvalue weighted by Gasteiger charge is -2.06. The Bertz CT molecular complexity index is 1050. The molecule has 1 heterocycles. The van der Waals surface area contributed by atoms with Crippen molar-refractivity contribution in [2.45, 2.75) is 11.7 Å². The van der Waals surface area contributed by atoms with E-state index >= 15 is 0 Å². The first-order valence-electron chi connectivity index (χ1n) is 8.41. The second-order valence-corrected chi connectivity index (χ2v) is 6.78. The number of aliphatic hydroxyl groups is 1. The van der Waals surface area contributed by atoms with Gasteiger partial charge in [-0.05, 0) is 17.7 Å². The molecule has 2 aromatic carbocycles. The lowest BCUT2D eigenvalue weighted by atomic mass is 10.2. The highest BCUT2D eigenvalue weighted by Gasteiger charge is 2.16. The van der Waals surface area contributed by atoms with Gasteiger partial charge >= 0.3 is 0 Å².